The first-order chi connectivity index (χ1) is 12.3. The third-order valence-corrected chi connectivity index (χ3v) is 4.14. The lowest BCUT2D eigenvalue weighted by molar-refractivity contribution is -0.383. The Morgan fingerprint density at radius 3 is 2.26 bits per heavy atom. The number of hydrogen-bond acceptors (Lipinski definition) is 7. The zero-order valence-corrected chi connectivity index (χ0v) is 16.2. The molecule has 0 spiro atoms. The molecule has 0 saturated heterocycles. The predicted octanol–water partition coefficient (Wildman–Crippen LogP) is 2.75. The molecular formula is C19H32N6O2. The summed E-state index contributed by atoms with van der Waals surface area (Å²) >= 11 is 0. The van der Waals surface area contributed by atoms with Gasteiger partial charge in [-0.1, -0.05) is 25.6 Å². The Labute approximate surface area is 161 Å². The maximum absolute atomic E-state index is 11.9. The predicted molar refractivity (Wildman–Crippen MR) is 114 cm³/mol. The maximum Gasteiger partial charge on any atom is 0.335 e. The van der Waals surface area contributed by atoms with Gasteiger partial charge in [0.2, 0.25) is 5.82 Å². The van der Waals surface area contributed by atoms with Crippen LogP contribution < -0.4 is 10.2 Å². The summed E-state index contributed by atoms with van der Waals surface area (Å²) in [7, 11) is 9.74. The van der Waals surface area contributed by atoms with Crippen LogP contribution in [-0.2, 0) is 0 Å². The number of rotatable bonds is 9. The van der Waals surface area contributed by atoms with Gasteiger partial charge in [-0.2, -0.15) is 0 Å². The monoisotopic (exact) mass is 376 g/mol. The Hall–Kier alpha value is -2.45. The number of fused-ring (bicyclic) bond motifs is 1. The second-order valence-electron chi connectivity index (χ2n) is 6.89. The SMILES string of the molecule is C.CN(C)CCNc1c([N+](=O)[O-])c(N(C)CCN(C)C)nc2ccccc12. The maximum atomic E-state index is 11.9. The minimum atomic E-state index is -0.334. The van der Waals surface area contributed by atoms with E-state index in [0.717, 1.165) is 24.0 Å². The highest BCUT2D eigenvalue weighted by atomic mass is 16.6. The van der Waals surface area contributed by atoms with E-state index in [-0.39, 0.29) is 18.0 Å². The smallest absolute Gasteiger partial charge is 0.335 e. The first-order valence-electron chi connectivity index (χ1n) is 8.63. The quantitative estimate of drug-likeness (QED) is 0.532. The highest BCUT2D eigenvalue weighted by Crippen LogP contribution is 2.39. The molecule has 0 saturated carbocycles. The Balaban J connectivity index is 0.00000364. The van der Waals surface area contributed by atoms with Gasteiger partial charge in [0.25, 0.3) is 0 Å². The molecule has 0 unspecified atom stereocenters. The van der Waals surface area contributed by atoms with Crippen molar-refractivity contribution in [3.8, 4) is 0 Å². The fourth-order valence-corrected chi connectivity index (χ4v) is 2.67. The van der Waals surface area contributed by atoms with Gasteiger partial charge in [-0.3, -0.25) is 10.1 Å². The van der Waals surface area contributed by atoms with E-state index in [4.69, 9.17) is 0 Å². The summed E-state index contributed by atoms with van der Waals surface area (Å²) in [4.78, 5) is 22.1. The molecule has 2 aromatic rings. The van der Waals surface area contributed by atoms with Crippen LogP contribution >= 0.6 is 0 Å². The topological polar surface area (TPSA) is 77.8 Å². The number of nitrogens with zero attached hydrogens (tertiary/aromatic N) is 5. The van der Waals surface area contributed by atoms with Crippen LogP contribution in [0.2, 0.25) is 0 Å². The van der Waals surface area contributed by atoms with Gasteiger partial charge in [0.1, 0.15) is 5.69 Å². The molecule has 150 valence electrons. The lowest BCUT2D eigenvalue weighted by Crippen LogP contribution is -2.30. The molecule has 1 N–H and O–H groups in total. The molecule has 2 rings (SSSR count). The van der Waals surface area contributed by atoms with E-state index < -0.39 is 0 Å². The van der Waals surface area contributed by atoms with Crippen LogP contribution in [0.4, 0.5) is 17.2 Å². The van der Waals surface area contributed by atoms with Crippen LogP contribution in [0.5, 0.6) is 0 Å². The number of nitro groups is 1. The van der Waals surface area contributed by atoms with Crippen molar-refractivity contribution in [1.82, 2.24) is 14.8 Å². The van der Waals surface area contributed by atoms with Gasteiger partial charge < -0.3 is 20.0 Å². The number of likely N-dealkylation sites (N-methyl/N-ethyl adjacent to an activating group) is 3. The number of anilines is 2. The average Bonchev–Trinajstić information content (AvgIpc) is 2.58. The minimum absolute atomic E-state index is 0. The molecule has 27 heavy (non-hydrogen) atoms. The second kappa shape index (κ2) is 10.0. The number of benzene rings is 1. The Bertz CT molecular complexity index is 763. The van der Waals surface area contributed by atoms with E-state index in [1.54, 1.807) is 0 Å². The molecule has 1 aromatic carbocycles. The number of para-hydroxylation sites is 1. The zero-order chi connectivity index (χ0) is 19.3. The van der Waals surface area contributed by atoms with Gasteiger partial charge in [-0.25, -0.2) is 4.98 Å². The van der Waals surface area contributed by atoms with E-state index in [0.29, 0.717) is 24.6 Å². The Morgan fingerprint density at radius 1 is 1.04 bits per heavy atom. The third kappa shape index (κ3) is 5.77. The lowest BCUT2D eigenvalue weighted by atomic mass is 10.1. The van der Waals surface area contributed by atoms with Crippen LogP contribution in [0.1, 0.15) is 7.43 Å². The first kappa shape index (κ1) is 22.6. The van der Waals surface area contributed by atoms with E-state index in [9.17, 15) is 10.1 Å². The molecule has 1 aromatic heterocycles. The van der Waals surface area contributed by atoms with Crippen LogP contribution in [-0.4, -0.2) is 81.1 Å². The van der Waals surface area contributed by atoms with E-state index >= 15 is 0 Å². The fourth-order valence-electron chi connectivity index (χ4n) is 2.67. The van der Waals surface area contributed by atoms with Crippen LogP contribution in [0.3, 0.4) is 0 Å². The van der Waals surface area contributed by atoms with Gasteiger partial charge in [0.05, 0.1) is 10.4 Å². The summed E-state index contributed by atoms with van der Waals surface area (Å²) < 4.78 is 0. The Morgan fingerprint density at radius 2 is 1.67 bits per heavy atom. The fraction of sp³-hybridized carbons (Fsp3) is 0.526. The van der Waals surface area contributed by atoms with Crippen molar-refractivity contribution in [2.75, 3.05) is 71.6 Å². The summed E-state index contributed by atoms with van der Waals surface area (Å²) in [5.41, 5.74) is 1.31. The van der Waals surface area contributed by atoms with Gasteiger partial charge in [0, 0.05) is 38.6 Å². The molecule has 0 amide bonds. The van der Waals surface area contributed by atoms with Crippen molar-refractivity contribution in [2.45, 2.75) is 7.43 Å². The highest BCUT2D eigenvalue weighted by molar-refractivity contribution is 5.99. The van der Waals surface area contributed by atoms with Crippen molar-refractivity contribution in [3.63, 3.8) is 0 Å². The molecule has 0 aliphatic carbocycles. The normalized spacial score (nSPS) is 10.9. The van der Waals surface area contributed by atoms with Crippen LogP contribution in [0.15, 0.2) is 24.3 Å². The van der Waals surface area contributed by atoms with Gasteiger partial charge >= 0.3 is 5.69 Å². The molecule has 0 bridgehead atoms. The number of aromatic nitrogens is 1. The van der Waals surface area contributed by atoms with Crippen molar-refractivity contribution in [1.29, 1.82) is 0 Å². The van der Waals surface area contributed by atoms with Crippen molar-refractivity contribution < 1.29 is 4.92 Å². The average molecular weight is 377 g/mol. The van der Waals surface area contributed by atoms with Gasteiger partial charge in [0.15, 0.2) is 0 Å². The zero-order valence-electron chi connectivity index (χ0n) is 16.2. The summed E-state index contributed by atoms with van der Waals surface area (Å²) in [6, 6.07) is 7.53. The van der Waals surface area contributed by atoms with E-state index in [1.807, 2.05) is 74.2 Å². The van der Waals surface area contributed by atoms with E-state index in [1.165, 1.54) is 0 Å². The number of nitrogens with one attached hydrogen (secondary N) is 1. The first-order valence-corrected chi connectivity index (χ1v) is 8.63. The summed E-state index contributed by atoms with van der Waals surface area (Å²) in [6.45, 7) is 2.82. The number of hydrogen-bond donors (Lipinski definition) is 1. The molecule has 8 heteroatoms. The van der Waals surface area contributed by atoms with Gasteiger partial charge in [-0.15, -0.1) is 0 Å². The standard InChI is InChI=1S/C18H28N6O2.CH4/c1-21(2)11-10-19-16-14-8-6-7-9-15(14)20-18(17(16)24(25)26)23(5)13-12-22(3)4;/h6-9H,10-13H2,1-5H3,(H,19,20);1H4. The number of pyridine rings is 1. The molecule has 0 atom stereocenters. The molecule has 0 aliphatic rings. The van der Waals surface area contributed by atoms with Crippen LogP contribution in [0.25, 0.3) is 10.9 Å². The molecule has 8 nitrogen and oxygen atoms in total. The molecule has 0 radical (unpaired) electrons. The van der Waals surface area contributed by atoms with Crippen molar-refractivity contribution >= 4 is 28.1 Å². The van der Waals surface area contributed by atoms with Crippen molar-refractivity contribution in [3.05, 3.63) is 34.4 Å². The van der Waals surface area contributed by atoms with Crippen LogP contribution in [0, 0.1) is 10.1 Å². The summed E-state index contributed by atoms with van der Waals surface area (Å²) in [5, 5.41) is 15.9. The summed E-state index contributed by atoms with van der Waals surface area (Å²) in [5.74, 6) is 0.392. The third-order valence-electron chi connectivity index (χ3n) is 4.14. The van der Waals surface area contributed by atoms with Crippen molar-refractivity contribution in [2.24, 2.45) is 0 Å². The van der Waals surface area contributed by atoms with Gasteiger partial charge in [-0.05, 0) is 34.3 Å². The lowest BCUT2D eigenvalue weighted by Gasteiger charge is -2.22. The molecule has 0 fully saturated rings. The largest absolute Gasteiger partial charge is 0.378 e. The molecule has 0 aliphatic heterocycles. The minimum Gasteiger partial charge on any atom is -0.378 e. The highest BCUT2D eigenvalue weighted by Gasteiger charge is 2.27. The summed E-state index contributed by atoms with van der Waals surface area (Å²) in [6.07, 6.45) is 0. The Kier molecular flexibility index (Phi) is 8.39. The second-order valence-corrected chi connectivity index (χ2v) is 6.89. The van der Waals surface area contributed by atoms with E-state index in [2.05, 4.69) is 10.3 Å². The molecular weight excluding hydrogens is 344 g/mol. The molecule has 1 heterocycles.